The first-order valence-electron chi connectivity index (χ1n) is 13.5. The fourth-order valence-corrected chi connectivity index (χ4v) is 4.12. The molecule has 1 saturated carbocycles. The maximum absolute atomic E-state index is 8.75. The minimum atomic E-state index is 0.625. The van der Waals surface area contributed by atoms with Gasteiger partial charge in [-0.1, -0.05) is 52.3 Å². The SMILES string of the molecule is C=C(CCC)N/C(C#N)=C\CCC.C\C=C(C(/C(C)=N/C=C/CC)=C(/C)N1CCNCC1)\C1CC1. The highest BCUT2D eigenvalue weighted by atomic mass is 15.2. The summed E-state index contributed by atoms with van der Waals surface area (Å²) in [5, 5.41) is 15.2. The molecule has 0 unspecified atom stereocenters. The third kappa shape index (κ3) is 11.6. The van der Waals surface area contributed by atoms with Crippen LogP contribution in [0.15, 0.2) is 64.2 Å². The molecule has 0 aromatic rings. The molecule has 35 heavy (non-hydrogen) atoms. The normalized spacial score (nSPS) is 18.0. The zero-order chi connectivity index (χ0) is 26.1. The van der Waals surface area contributed by atoms with Crippen LogP contribution in [0.1, 0.15) is 86.5 Å². The molecule has 0 amide bonds. The molecule has 0 atom stereocenters. The van der Waals surface area contributed by atoms with E-state index in [0.29, 0.717) is 5.70 Å². The van der Waals surface area contributed by atoms with Crippen molar-refractivity contribution >= 4 is 5.71 Å². The minimum Gasteiger partial charge on any atom is -0.372 e. The Morgan fingerprint density at radius 2 is 1.86 bits per heavy atom. The largest absolute Gasteiger partial charge is 0.372 e. The van der Waals surface area contributed by atoms with Gasteiger partial charge in [0.25, 0.3) is 0 Å². The molecule has 2 aliphatic rings. The topological polar surface area (TPSA) is 63.5 Å². The van der Waals surface area contributed by atoms with Gasteiger partial charge >= 0.3 is 0 Å². The number of piperazine rings is 1. The third-order valence-corrected chi connectivity index (χ3v) is 6.16. The van der Waals surface area contributed by atoms with Gasteiger partial charge < -0.3 is 15.5 Å². The van der Waals surface area contributed by atoms with Crippen molar-refractivity contribution in [1.82, 2.24) is 15.5 Å². The highest BCUT2D eigenvalue weighted by Crippen LogP contribution is 2.41. The van der Waals surface area contributed by atoms with E-state index in [1.54, 1.807) is 0 Å². The van der Waals surface area contributed by atoms with E-state index in [4.69, 9.17) is 10.3 Å². The molecule has 0 bridgehead atoms. The second kappa shape index (κ2) is 17.8. The number of unbranched alkanes of at least 4 members (excludes halogenated alkanes) is 1. The standard InChI is InChI=1S/C19H31N3.C11H18N2/c1-5-7-10-21-15(3)19(18(6-2)17-8-9-17)16(4)22-13-11-20-12-14-22;1-4-6-8-11(9-12)13-10(3)7-5-2/h6-7,10,17,20H,5,8-9,11-14H2,1-4H3;8,13H,3-7H2,1-2H3/b10-7+,18-6-,19-16-,21-15+;11-8-. The molecule has 5 heteroatoms. The molecular weight excluding hydrogens is 430 g/mol. The Balaban J connectivity index is 0.000000405. The lowest BCUT2D eigenvalue weighted by atomic mass is 9.95. The summed E-state index contributed by atoms with van der Waals surface area (Å²) in [6, 6.07) is 2.12. The Labute approximate surface area is 215 Å². The van der Waals surface area contributed by atoms with Crippen molar-refractivity contribution in [1.29, 1.82) is 5.26 Å². The molecule has 2 N–H and O–H groups in total. The van der Waals surface area contributed by atoms with Crippen molar-refractivity contribution in [3.8, 4) is 6.07 Å². The monoisotopic (exact) mass is 479 g/mol. The summed E-state index contributed by atoms with van der Waals surface area (Å²) in [5.74, 6) is 0.748. The van der Waals surface area contributed by atoms with E-state index in [9.17, 15) is 0 Å². The van der Waals surface area contributed by atoms with Crippen LogP contribution in [0.2, 0.25) is 0 Å². The molecule has 0 aromatic carbocycles. The van der Waals surface area contributed by atoms with Gasteiger partial charge in [-0.25, -0.2) is 0 Å². The van der Waals surface area contributed by atoms with Crippen LogP contribution in [0, 0.1) is 17.2 Å². The number of nitrogens with zero attached hydrogens (tertiary/aromatic N) is 3. The Bertz CT molecular complexity index is 840. The van der Waals surface area contributed by atoms with Gasteiger partial charge in [-0.15, -0.1) is 0 Å². The van der Waals surface area contributed by atoms with Crippen molar-refractivity contribution in [3.63, 3.8) is 0 Å². The molecule has 1 aliphatic heterocycles. The molecule has 0 spiro atoms. The zero-order valence-corrected chi connectivity index (χ0v) is 23.2. The summed E-state index contributed by atoms with van der Waals surface area (Å²) >= 11 is 0. The maximum atomic E-state index is 8.75. The lowest BCUT2D eigenvalue weighted by molar-refractivity contribution is 0.298. The molecule has 2 fully saturated rings. The molecule has 1 saturated heterocycles. The van der Waals surface area contributed by atoms with Gasteiger partial charge in [-0.05, 0) is 70.4 Å². The van der Waals surface area contributed by atoms with Crippen LogP contribution in [-0.4, -0.2) is 36.8 Å². The molecule has 1 heterocycles. The molecule has 5 nitrogen and oxygen atoms in total. The quantitative estimate of drug-likeness (QED) is 0.180. The van der Waals surface area contributed by atoms with Gasteiger partial charge in [0, 0.05) is 55.1 Å². The van der Waals surface area contributed by atoms with Crippen LogP contribution in [-0.2, 0) is 0 Å². The van der Waals surface area contributed by atoms with Gasteiger partial charge in [0.05, 0.1) is 0 Å². The number of nitriles is 1. The van der Waals surface area contributed by atoms with Gasteiger partial charge in [0.1, 0.15) is 11.8 Å². The fraction of sp³-hybridized carbons (Fsp3) is 0.600. The first-order chi connectivity index (χ1) is 16.9. The van der Waals surface area contributed by atoms with Crippen molar-refractivity contribution < 1.29 is 0 Å². The molecular formula is C30H49N5. The molecule has 194 valence electrons. The average Bonchev–Trinajstić information content (AvgIpc) is 3.71. The number of allylic oxidation sites excluding steroid dienone is 8. The van der Waals surface area contributed by atoms with E-state index in [2.05, 4.69) is 81.9 Å². The fourth-order valence-electron chi connectivity index (χ4n) is 4.12. The second-order valence-corrected chi connectivity index (χ2v) is 9.22. The molecule has 0 radical (unpaired) electrons. The zero-order valence-electron chi connectivity index (χ0n) is 23.2. The summed E-state index contributed by atoms with van der Waals surface area (Å²) in [7, 11) is 0. The second-order valence-electron chi connectivity index (χ2n) is 9.22. The number of hydrogen-bond acceptors (Lipinski definition) is 5. The van der Waals surface area contributed by atoms with Crippen LogP contribution in [0.5, 0.6) is 0 Å². The summed E-state index contributed by atoms with van der Waals surface area (Å²) in [6.07, 6.45) is 16.0. The van der Waals surface area contributed by atoms with Gasteiger partial charge in [-0.3, -0.25) is 4.99 Å². The Hall–Kier alpha value is -2.58. The number of hydrogen-bond donors (Lipinski definition) is 2. The lowest BCUT2D eigenvalue weighted by Crippen LogP contribution is -2.43. The Morgan fingerprint density at radius 1 is 1.17 bits per heavy atom. The van der Waals surface area contributed by atoms with E-state index < -0.39 is 0 Å². The van der Waals surface area contributed by atoms with Gasteiger partial charge in [-0.2, -0.15) is 5.26 Å². The first kappa shape index (κ1) is 30.5. The average molecular weight is 480 g/mol. The van der Waals surface area contributed by atoms with Crippen LogP contribution in [0.4, 0.5) is 0 Å². The number of nitrogens with one attached hydrogen (secondary N) is 2. The summed E-state index contributed by atoms with van der Waals surface area (Å²) in [5.41, 5.74) is 6.98. The Kier molecular flexibility index (Phi) is 15.5. The van der Waals surface area contributed by atoms with E-state index in [-0.39, 0.29) is 0 Å². The van der Waals surface area contributed by atoms with Crippen molar-refractivity contribution in [2.45, 2.75) is 86.5 Å². The highest BCUT2D eigenvalue weighted by molar-refractivity contribution is 6.03. The van der Waals surface area contributed by atoms with Crippen molar-refractivity contribution in [3.05, 3.63) is 59.2 Å². The van der Waals surface area contributed by atoms with Crippen molar-refractivity contribution in [2.24, 2.45) is 10.9 Å². The summed E-state index contributed by atoms with van der Waals surface area (Å²) < 4.78 is 0. The predicted octanol–water partition coefficient (Wildman–Crippen LogP) is 7.00. The smallest absolute Gasteiger partial charge is 0.117 e. The van der Waals surface area contributed by atoms with Gasteiger partial charge in [0.2, 0.25) is 0 Å². The number of aliphatic imine (C=N–C) groups is 1. The van der Waals surface area contributed by atoms with Crippen LogP contribution >= 0.6 is 0 Å². The maximum Gasteiger partial charge on any atom is 0.117 e. The van der Waals surface area contributed by atoms with E-state index in [0.717, 1.165) is 75.6 Å². The van der Waals surface area contributed by atoms with E-state index in [1.165, 1.54) is 29.7 Å². The van der Waals surface area contributed by atoms with E-state index >= 15 is 0 Å². The van der Waals surface area contributed by atoms with Crippen LogP contribution < -0.4 is 10.6 Å². The van der Waals surface area contributed by atoms with Crippen LogP contribution in [0.25, 0.3) is 0 Å². The van der Waals surface area contributed by atoms with Crippen LogP contribution in [0.3, 0.4) is 0 Å². The summed E-state index contributed by atoms with van der Waals surface area (Å²) in [4.78, 5) is 7.22. The lowest BCUT2D eigenvalue weighted by Gasteiger charge is -2.32. The van der Waals surface area contributed by atoms with Gasteiger partial charge in [0.15, 0.2) is 0 Å². The predicted molar refractivity (Wildman–Crippen MR) is 152 cm³/mol. The Morgan fingerprint density at radius 3 is 2.37 bits per heavy atom. The molecule has 0 aromatic heterocycles. The number of rotatable bonds is 12. The third-order valence-electron chi connectivity index (χ3n) is 6.16. The molecule has 2 rings (SSSR count). The van der Waals surface area contributed by atoms with Crippen molar-refractivity contribution in [2.75, 3.05) is 26.2 Å². The van der Waals surface area contributed by atoms with E-state index in [1.807, 2.05) is 12.3 Å². The minimum absolute atomic E-state index is 0.625. The highest BCUT2D eigenvalue weighted by Gasteiger charge is 2.30. The first-order valence-corrected chi connectivity index (χ1v) is 13.5. The molecule has 1 aliphatic carbocycles. The summed E-state index contributed by atoms with van der Waals surface area (Å²) in [6.45, 7) is 21.1.